The monoisotopic (exact) mass is 584 g/mol. The van der Waals surface area contributed by atoms with Crippen LogP contribution >= 0.6 is 0 Å². The third kappa shape index (κ3) is 4.05. The number of hydrogen-bond donors (Lipinski definition) is 2. The van der Waals surface area contributed by atoms with Crippen LogP contribution in [0.5, 0.6) is 0 Å². The van der Waals surface area contributed by atoms with Crippen LogP contribution in [0.4, 0.5) is 0 Å². The summed E-state index contributed by atoms with van der Waals surface area (Å²) < 4.78 is 0. The maximum Gasteiger partial charge on any atom is 0.217 e. The van der Waals surface area contributed by atoms with Crippen LogP contribution < -0.4 is 10.6 Å². The number of carbonyl (C=O) groups excluding carboxylic acids is 2. The number of carbonyl (C=O) groups is 2. The fourth-order valence-electron chi connectivity index (χ4n) is 14.8. The van der Waals surface area contributed by atoms with Crippen molar-refractivity contribution >= 4 is 11.7 Å². The van der Waals surface area contributed by atoms with Crippen molar-refractivity contribution in [2.45, 2.75) is 124 Å². The third-order valence-corrected chi connectivity index (χ3v) is 16.0. The lowest BCUT2D eigenvalue weighted by atomic mass is 9.40. The fraction of sp³-hybridized carbons (Fsp3) is 0.795. The Bertz CT molecular complexity index is 1240. The van der Waals surface area contributed by atoms with Gasteiger partial charge in [-0.05, 0) is 166 Å². The van der Waals surface area contributed by atoms with Crippen LogP contribution in [0.2, 0.25) is 0 Å². The lowest BCUT2D eigenvalue weighted by Crippen LogP contribution is -2.63. The zero-order valence-corrected chi connectivity index (χ0v) is 27.3. The van der Waals surface area contributed by atoms with Gasteiger partial charge in [0.2, 0.25) is 5.91 Å². The minimum Gasteiger partial charge on any atom is -0.364 e. The first-order valence-electron chi connectivity index (χ1n) is 18.2. The minimum atomic E-state index is -0.440. The standard InChI is InChI=1S/C39H56N2O2/c1-24(42)41-35(39-21-25-18-26(22-39)20-27(19-25)23-39)31-11-10-29-28-9-12-32-37(3,30(28)13-15-36(29,31)2)16-14-34(43)38(32,4)33-8-6-5-7-17-40-33/h5-8,17,25-32,35,40H,9-16,18-23H2,1-4H3,(H,41,42)/t25?,26?,27?,28-,29-,30-,31?,32+,35?,36-,37+,38?,39?/m0/s1. The highest BCUT2D eigenvalue weighted by Crippen LogP contribution is 2.72. The Morgan fingerprint density at radius 1 is 0.860 bits per heavy atom. The molecule has 4 nitrogen and oxygen atoms in total. The first-order valence-corrected chi connectivity index (χ1v) is 18.2. The van der Waals surface area contributed by atoms with Gasteiger partial charge in [-0.2, -0.15) is 0 Å². The van der Waals surface area contributed by atoms with E-state index in [9.17, 15) is 9.59 Å². The Labute approximate surface area is 260 Å². The second-order valence-corrected chi connectivity index (χ2v) is 17.8. The zero-order valence-electron chi connectivity index (χ0n) is 27.3. The van der Waals surface area contributed by atoms with E-state index in [0.717, 1.165) is 48.1 Å². The van der Waals surface area contributed by atoms with Crippen LogP contribution in [0.3, 0.4) is 0 Å². The Balaban J connectivity index is 1.09. The van der Waals surface area contributed by atoms with Crippen molar-refractivity contribution in [3.8, 4) is 0 Å². The quantitative estimate of drug-likeness (QED) is 0.351. The molecule has 2 N–H and O–H groups in total. The fourth-order valence-corrected chi connectivity index (χ4v) is 14.8. The second kappa shape index (κ2) is 9.83. The van der Waals surface area contributed by atoms with E-state index in [1.54, 1.807) is 6.92 Å². The summed E-state index contributed by atoms with van der Waals surface area (Å²) >= 11 is 0. The summed E-state index contributed by atoms with van der Waals surface area (Å²) in [6.07, 6.45) is 28.3. The number of nitrogens with one attached hydrogen (secondary N) is 2. The maximum atomic E-state index is 13.8. The average Bonchev–Trinajstić information content (AvgIpc) is 3.10. The van der Waals surface area contributed by atoms with Crippen LogP contribution in [0.25, 0.3) is 0 Å². The number of rotatable bonds is 4. The zero-order chi connectivity index (χ0) is 29.8. The number of Topliss-reactive ketones (excluding diaryl/α,β-unsaturated/α-hetero) is 1. The lowest BCUT2D eigenvalue weighted by Gasteiger charge is -2.65. The molecule has 8 aliphatic carbocycles. The molecule has 4 heteroatoms. The molecular weight excluding hydrogens is 528 g/mol. The molecule has 8 fully saturated rings. The molecule has 0 aromatic carbocycles. The van der Waals surface area contributed by atoms with Gasteiger partial charge in [-0.25, -0.2) is 0 Å². The van der Waals surface area contributed by atoms with E-state index in [4.69, 9.17) is 0 Å². The molecule has 9 atom stereocenters. The summed E-state index contributed by atoms with van der Waals surface area (Å²) in [5.41, 5.74) is 1.52. The van der Waals surface area contributed by atoms with E-state index in [2.05, 4.69) is 49.6 Å². The summed E-state index contributed by atoms with van der Waals surface area (Å²) in [6.45, 7) is 9.31. The first-order chi connectivity index (χ1) is 20.6. The van der Waals surface area contributed by atoms with E-state index in [0.29, 0.717) is 46.8 Å². The molecular formula is C39H56N2O2. The predicted octanol–water partition coefficient (Wildman–Crippen LogP) is 8.11. The van der Waals surface area contributed by atoms with E-state index < -0.39 is 5.41 Å². The van der Waals surface area contributed by atoms with Crippen LogP contribution in [0.1, 0.15) is 118 Å². The van der Waals surface area contributed by atoms with Crippen LogP contribution in [-0.4, -0.2) is 17.7 Å². The molecule has 234 valence electrons. The molecule has 9 rings (SSSR count). The molecule has 1 aliphatic heterocycles. The van der Waals surface area contributed by atoms with Crippen molar-refractivity contribution in [1.82, 2.24) is 10.6 Å². The van der Waals surface area contributed by atoms with Gasteiger partial charge in [0.05, 0.1) is 5.41 Å². The van der Waals surface area contributed by atoms with Gasteiger partial charge in [-0.15, -0.1) is 0 Å². The van der Waals surface area contributed by atoms with E-state index in [-0.39, 0.29) is 11.3 Å². The van der Waals surface area contributed by atoms with Gasteiger partial charge in [0.25, 0.3) is 0 Å². The summed E-state index contributed by atoms with van der Waals surface area (Å²) in [4.78, 5) is 26.7. The molecule has 43 heavy (non-hydrogen) atoms. The van der Waals surface area contributed by atoms with E-state index in [1.807, 2.05) is 12.3 Å². The summed E-state index contributed by atoms with van der Waals surface area (Å²) in [5.74, 6) is 6.58. The smallest absolute Gasteiger partial charge is 0.217 e. The first kappa shape index (κ1) is 28.6. The summed E-state index contributed by atoms with van der Waals surface area (Å²) in [5, 5.41) is 7.26. The number of hydrogen-bond acceptors (Lipinski definition) is 3. The normalized spacial score (nSPS) is 51.9. The van der Waals surface area contributed by atoms with E-state index in [1.165, 1.54) is 70.6 Å². The number of amides is 1. The molecule has 0 aromatic rings. The van der Waals surface area contributed by atoms with Crippen LogP contribution in [0.15, 0.2) is 36.2 Å². The topological polar surface area (TPSA) is 58.2 Å². The maximum absolute atomic E-state index is 13.8. The molecule has 0 aromatic heterocycles. The number of allylic oxidation sites excluding steroid dienone is 5. The highest BCUT2D eigenvalue weighted by atomic mass is 16.1. The molecule has 0 radical (unpaired) electrons. The molecule has 0 saturated heterocycles. The summed E-state index contributed by atoms with van der Waals surface area (Å²) in [7, 11) is 0. The van der Waals surface area contributed by atoms with Crippen molar-refractivity contribution in [3.05, 3.63) is 36.2 Å². The Hall–Kier alpha value is -1.84. The molecule has 8 saturated carbocycles. The molecule has 3 unspecified atom stereocenters. The van der Waals surface area contributed by atoms with Gasteiger partial charge in [-0.1, -0.05) is 26.0 Å². The Morgan fingerprint density at radius 3 is 2.26 bits per heavy atom. The Kier molecular flexibility index (Phi) is 6.54. The van der Waals surface area contributed by atoms with Crippen molar-refractivity contribution in [3.63, 3.8) is 0 Å². The van der Waals surface area contributed by atoms with Gasteiger partial charge in [-0.3, -0.25) is 9.59 Å². The molecule has 9 aliphatic rings. The van der Waals surface area contributed by atoms with Crippen LogP contribution in [-0.2, 0) is 9.59 Å². The van der Waals surface area contributed by atoms with E-state index >= 15 is 0 Å². The Morgan fingerprint density at radius 2 is 1.56 bits per heavy atom. The SMILES string of the molecule is CC(=O)NC(C1CC[C@H]2[C@@H]3CC[C@H]4C(C)(C5=CC=CC=CN5)C(=O)CC[C@]4(C)[C@H]3CC[C@]12C)C12CC3CC(CC(C3)C1)C2. The highest BCUT2D eigenvalue weighted by molar-refractivity contribution is 5.89. The largest absolute Gasteiger partial charge is 0.364 e. The highest BCUT2D eigenvalue weighted by Gasteiger charge is 2.67. The molecule has 4 bridgehead atoms. The van der Waals surface area contributed by atoms with Gasteiger partial charge < -0.3 is 10.6 Å². The van der Waals surface area contributed by atoms with Crippen molar-refractivity contribution in [1.29, 1.82) is 0 Å². The molecule has 1 heterocycles. The van der Waals surface area contributed by atoms with Crippen molar-refractivity contribution < 1.29 is 9.59 Å². The molecule has 1 amide bonds. The third-order valence-electron chi connectivity index (χ3n) is 16.0. The number of fused-ring (bicyclic) bond motifs is 5. The van der Waals surface area contributed by atoms with Crippen molar-refractivity contribution in [2.24, 2.45) is 69.0 Å². The van der Waals surface area contributed by atoms with Crippen LogP contribution in [0, 0.1) is 69.0 Å². The minimum absolute atomic E-state index is 0.199. The van der Waals surface area contributed by atoms with Gasteiger partial charge >= 0.3 is 0 Å². The van der Waals surface area contributed by atoms with Gasteiger partial charge in [0.15, 0.2) is 0 Å². The van der Waals surface area contributed by atoms with Crippen molar-refractivity contribution in [2.75, 3.05) is 0 Å². The second-order valence-electron chi connectivity index (χ2n) is 17.8. The van der Waals surface area contributed by atoms with Gasteiger partial charge in [0.1, 0.15) is 5.78 Å². The molecule has 0 spiro atoms. The summed E-state index contributed by atoms with van der Waals surface area (Å²) in [6, 6.07) is 0.363. The number of ketones is 1. The van der Waals surface area contributed by atoms with Gasteiger partial charge in [0, 0.05) is 31.3 Å². The average molecular weight is 585 g/mol. The predicted molar refractivity (Wildman–Crippen MR) is 171 cm³/mol. The lowest BCUT2D eigenvalue weighted by molar-refractivity contribution is -0.165.